The highest BCUT2D eigenvalue weighted by atomic mass is 35.5. The molecule has 0 saturated heterocycles. The Bertz CT molecular complexity index is 1020. The van der Waals surface area contributed by atoms with E-state index in [4.69, 9.17) is 0 Å². The third-order valence-corrected chi connectivity index (χ3v) is 5.73. The van der Waals surface area contributed by atoms with E-state index >= 15 is 0 Å². The molecule has 0 unspecified atom stereocenters. The molecule has 2 heterocycles. The summed E-state index contributed by atoms with van der Waals surface area (Å²) in [6, 6.07) is 14.6. The fourth-order valence-corrected chi connectivity index (χ4v) is 4.33. The molecule has 0 bridgehead atoms. The minimum Gasteiger partial charge on any atom is -0.298 e. The zero-order valence-electron chi connectivity index (χ0n) is 15.8. The van der Waals surface area contributed by atoms with Gasteiger partial charge in [-0.25, -0.2) is 4.98 Å². The summed E-state index contributed by atoms with van der Waals surface area (Å²) in [7, 11) is 0. The second-order valence-corrected chi connectivity index (χ2v) is 7.95. The van der Waals surface area contributed by atoms with E-state index in [0.717, 1.165) is 48.8 Å². The Labute approximate surface area is 182 Å². The van der Waals surface area contributed by atoms with E-state index in [0.29, 0.717) is 5.13 Å². The van der Waals surface area contributed by atoms with Crippen molar-refractivity contribution in [3.8, 4) is 0 Å². The molecule has 1 aliphatic heterocycles. The van der Waals surface area contributed by atoms with E-state index in [9.17, 15) is 18.0 Å². The molecular formula is C21H19ClF3N3OS. The van der Waals surface area contributed by atoms with Crippen LogP contribution < -0.4 is 5.32 Å². The van der Waals surface area contributed by atoms with Crippen LogP contribution >= 0.6 is 23.7 Å². The van der Waals surface area contributed by atoms with Crippen LogP contribution in [0.5, 0.6) is 0 Å². The Morgan fingerprint density at radius 1 is 1.13 bits per heavy atom. The number of amides is 1. The molecule has 0 radical (unpaired) electrons. The number of aromatic nitrogens is 1. The van der Waals surface area contributed by atoms with E-state index in [2.05, 4.69) is 27.3 Å². The van der Waals surface area contributed by atoms with Gasteiger partial charge in [0.25, 0.3) is 5.91 Å². The lowest BCUT2D eigenvalue weighted by Crippen LogP contribution is -2.29. The van der Waals surface area contributed by atoms with Crippen LogP contribution in [-0.4, -0.2) is 22.3 Å². The fraction of sp³-hybridized carbons (Fsp3) is 0.238. The number of hydrogen-bond acceptors (Lipinski definition) is 4. The van der Waals surface area contributed by atoms with Gasteiger partial charge in [0.2, 0.25) is 0 Å². The molecule has 1 amide bonds. The van der Waals surface area contributed by atoms with Gasteiger partial charge in [0.05, 0.1) is 11.3 Å². The first-order valence-electron chi connectivity index (χ1n) is 9.12. The molecule has 9 heteroatoms. The number of nitrogens with one attached hydrogen (secondary N) is 1. The summed E-state index contributed by atoms with van der Waals surface area (Å²) in [6.45, 7) is 2.44. The number of carbonyl (C=O) groups is 1. The summed E-state index contributed by atoms with van der Waals surface area (Å²) in [6.07, 6.45) is -3.71. The van der Waals surface area contributed by atoms with Crippen LogP contribution in [0, 0.1) is 0 Å². The number of nitrogens with zero attached hydrogens (tertiary/aromatic N) is 2. The smallest absolute Gasteiger partial charge is 0.298 e. The van der Waals surface area contributed by atoms with Crippen molar-refractivity contribution >= 4 is 34.8 Å². The lowest BCUT2D eigenvalue weighted by atomic mass is 10.1. The number of anilines is 1. The minimum atomic E-state index is -4.49. The second-order valence-electron chi connectivity index (χ2n) is 6.87. The highest BCUT2D eigenvalue weighted by molar-refractivity contribution is 7.15. The first kappa shape index (κ1) is 22.3. The summed E-state index contributed by atoms with van der Waals surface area (Å²) in [5.74, 6) is -0.594. The molecule has 0 aliphatic carbocycles. The Balaban J connectivity index is 0.00000256. The first-order valence-corrected chi connectivity index (χ1v) is 9.93. The van der Waals surface area contributed by atoms with E-state index in [-0.39, 0.29) is 18.0 Å². The summed E-state index contributed by atoms with van der Waals surface area (Å²) in [5.41, 5.74) is 1.29. The van der Waals surface area contributed by atoms with Crippen molar-refractivity contribution in [1.29, 1.82) is 0 Å². The summed E-state index contributed by atoms with van der Waals surface area (Å²) < 4.78 is 38.6. The topological polar surface area (TPSA) is 45.2 Å². The Hall–Kier alpha value is -2.42. The van der Waals surface area contributed by atoms with Gasteiger partial charge in [0.1, 0.15) is 0 Å². The minimum absolute atomic E-state index is 0. The number of rotatable bonds is 4. The number of thiazole rings is 1. The molecular weight excluding hydrogens is 435 g/mol. The average Bonchev–Trinajstić information content (AvgIpc) is 3.09. The van der Waals surface area contributed by atoms with Gasteiger partial charge >= 0.3 is 6.18 Å². The molecule has 0 spiro atoms. The van der Waals surface area contributed by atoms with Crippen LogP contribution in [0.15, 0.2) is 54.6 Å². The van der Waals surface area contributed by atoms with Crippen molar-refractivity contribution in [2.75, 3.05) is 11.9 Å². The Morgan fingerprint density at radius 2 is 1.90 bits per heavy atom. The van der Waals surface area contributed by atoms with E-state index < -0.39 is 17.6 Å². The van der Waals surface area contributed by atoms with Crippen LogP contribution in [0.2, 0.25) is 0 Å². The summed E-state index contributed by atoms with van der Waals surface area (Å²) in [4.78, 5) is 20.2. The zero-order chi connectivity index (χ0) is 20.4. The maximum atomic E-state index is 12.9. The lowest BCUT2D eigenvalue weighted by molar-refractivity contribution is -0.137. The van der Waals surface area contributed by atoms with Gasteiger partial charge in [0, 0.05) is 36.5 Å². The standard InChI is InChI=1S/C21H18F3N3OS.ClH/c22-21(23,24)16-8-4-7-15(11-16)19(28)26-20-25-17-9-10-27(13-18(17)29-20)12-14-5-2-1-3-6-14;/h1-8,11H,9-10,12-13H2,(H,25,26,28);1H. The monoisotopic (exact) mass is 453 g/mol. The molecule has 0 atom stereocenters. The van der Waals surface area contributed by atoms with Gasteiger partial charge in [-0.05, 0) is 23.8 Å². The largest absolute Gasteiger partial charge is 0.416 e. The first-order chi connectivity index (χ1) is 13.9. The number of carbonyl (C=O) groups excluding carboxylic acids is 1. The van der Waals surface area contributed by atoms with E-state index in [1.54, 1.807) is 0 Å². The third-order valence-electron chi connectivity index (χ3n) is 4.73. The highest BCUT2D eigenvalue weighted by Gasteiger charge is 2.31. The lowest BCUT2D eigenvalue weighted by Gasteiger charge is -2.25. The molecule has 4 nitrogen and oxygen atoms in total. The van der Waals surface area contributed by atoms with Gasteiger partial charge in [-0.2, -0.15) is 13.2 Å². The van der Waals surface area contributed by atoms with E-state index in [1.807, 2.05) is 18.2 Å². The summed E-state index contributed by atoms with van der Waals surface area (Å²) in [5, 5.41) is 3.06. The van der Waals surface area contributed by atoms with Crippen LogP contribution in [-0.2, 0) is 25.7 Å². The predicted octanol–water partition coefficient (Wildman–Crippen LogP) is 5.39. The number of halogens is 4. The van der Waals surface area contributed by atoms with Crippen molar-refractivity contribution in [3.63, 3.8) is 0 Å². The van der Waals surface area contributed by atoms with Crippen LogP contribution in [0.25, 0.3) is 0 Å². The molecule has 3 aromatic rings. The van der Waals surface area contributed by atoms with Crippen molar-refractivity contribution in [3.05, 3.63) is 81.9 Å². The van der Waals surface area contributed by atoms with Gasteiger partial charge in [0.15, 0.2) is 5.13 Å². The molecule has 2 aromatic carbocycles. The maximum Gasteiger partial charge on any atom is 0.416 e. The molecule has 30 heavy (non-hydrogen) atoms. The van der Waals surface area contributed by atoms with Crippen LogP contribution in [0.1, 0.15) is 32.1 Å². The molecule has 0 saturated carbocycles. The van der Waals surface area contributed by atoms with E-state index in [1.165, 1.54) is 29.0 Å². The van der Waals surface area contributed by atoms with Gasteiger partial charge < -0.3 is 0 Å². The van der Waals surface area contributed by atoms with Crippen LogP contribution in [0.3, 0.4) is 0 Å². The Morgan fingerprint density at radius 3 is 2.63 bits per heavy atom. The Kier molecular flexibility index (Phi) is 6.80. The second kappa shape index (κ2) is 9.16. The molecule has 1 aliphatic rings. The predicted molar refractivity (Wildman–Crippen MR) is 113 cm³/mol. The molecule has 0 fully saturated rings. The number of hydrogen-bond donors (Lipinski definition) is 1. The molecule has 4 rings (SSSR count). The highest BCUT2D eigenvalue weighted by Crippen LogP contribution is 2.31. The molecule has 1 aromatic heterocycles. The third kappa shape index (κ3) is 5.19. The van der Waals surface area contributed by atoms with Gasteiger partial charge in [-0.15, -0.1) is 23.7 Å². The SMILES string of the molecule is Cl.O=C(Nc1nc2c(s1)CN(Cc1ccccc1)CC2)c1cccc(C(F)(F)F)c1. The van der Waals surface area contributed by atoms with Crippen LogP contribution in [0.4, 0.5) is 18.3 Å². The van der Waals surface area contributed by atoms with Gasteiger partial charge in [-0.3, -0.25) is 15.0 Å². The van der Waals surface area contributed by atoms with Crippen molar-refractivity contribution < 1.29 is 18.0 Å². The number of benzene rings is 2. The maximum absolute atomic E-state index is 12.9. The number of alkyl halides is 3. The van der Waals surface area contributed by atoms with Crippen molar-refractivity contribution in [1.82, 2.24) is 9.88 Å². The quantitative estimate of drug-likeness (QED) is 0.575. The fourth-order valence-electron chi connectivity index (χ4n) is 3.28. The zero-order valence-corrected chi connectivity index (χ0v) is 17.4. The summed E-state index contributed by atoms with van der Waals surface area (Å²) >= 11 is 1.38. The normalized spacial score (nSPS) is 14.0. The molecule has 1 N–H and O–H groups in total. The number of fused-ring (bicyclic) bond motifs is 1. The average molecular weight is 454 g/mol. The van der Waals surface area contributed by atoms with Gasteiger partial charge in [-0.1, -0.05) is 36.4 Å². The molecule has 158 valence electrons. The van der Waals surface area contributed by atoms with Crippen molar-refractivity contribution in [2.45, 2.75) is 25.7 Å². The van der Waals surface area contributed by atoms with Crippen molar-refractivity contribution in [2.24, 2.45) is 0 Å².